The van der Waals surface area contributed by atoms with Crippen molar-refractivity contribution in [3.05, 3.63) is 23.8 Å². The maximum atomic E-state index is 13.2. The Hall–Kier alpha value is -2.13. The molecule has 2 heterocycles. The first-order chi connectivity index (χ1) is 15.2. The van der Waals surface area contributed by atoms with Crippen molar-refractivity contribution in [2.24, 2.45) is 5.92 Å². The van der Waals surface area contributed by atoms with Crippen molar-refractivity contribution in [3.8, 4) is 5.75 Å². The summed E-state index contributed by atoms with van der Waals surface area (Å²) in [5.74, 6) is -0.232. The molecule has 1 amide bonds. The number of likely N-dealkylation sites (tertiary alicyclic amines) is 1. The number of piperidine rings is 1. The van der Waals surface area contributed by atoms with Crippen LogP contribution >= 0.6 is 0 Å². The molecule has 0 bridgehead atoms. The average molecular weight is 467 g/mol. The van der Waals surface area contributed by atoms with E-state index in [2.05, 4.69) is 6.92 Å². The van der Waals surface area contributed by atoms with Gasteiger partial charge in [0.05, 0.1) is 12.0 Å². The van der Waals surface area contributed by atoms with Gasteiger partial charge in [-0.25, -0.2) is 13.2 Å². The Balaban J connectivity index is 1.77. The second-order valence-electron chi connectivity index (χ2n) is 8.74. The molecule has 0 aromatic heterocycles. The number of nitrogens with zero attached hydrogens (tertiary/aromatic N) is 2. The lowest BCUT2D eigenvalue weighted by Gasteiger charge is -2.32. The van der Waals surface area contributed by atoms with Crippen molar-refractivity contribution in [2.45, 2.75) is 63.4 Å². The Labute approximate surface area is 190 Å². The number of methoxy groups -OCH3 is 1. The zero-order valence-corrected chi connectivity index (χ0v) is 20.0. The molecule has 0 unspecified atom stereocenters. The van der Waals surface area contributed by atoms with Crippen molar-refractivity contribution < 1.29 is 27.5 Å². The fourth-order valence-electron chi connectivity index (χ4n) is 4.20. The molecule has 0 N–H and O–H groups in total. The lowest BCUT2D eigenvalue weighted by molar-refractivity contribution is -0.141. The van der Waals surface area contributed by atoms with E-state index >= 15 is 0 Å². The Morgan fingerprint density at radius 1 is 1.03 bits per heavy atom. The van der Waals surface area contributed by atoms with Crippen molar-refractivity contribution in [1.29, 1.82) is 0 Å². The van der Waals surface area contributed by atoms with Gasteiger partial charge in [-0.3, -0.25) is 4.79 Å². The van der Waals surface area contributed by atoms with Gasteiger partial charge in [0, 0.05) is 26.2 Å². The summed E-state index contributed by atoms with van der Waals surface area (Å²) < 4.78 is 38.5. The minimum absolute atomic E-state index is 0.00434. The van der Waals surface area contributed by atoms with Crippen LogP contribution in [0.4, 0.5) is 0 Å². The molecule has 2 aliphatic rings. The molecular weight excluding hydrogens is 432 g/mol. The predicted molar refractivity (Wildman–Crippen MR) is 120 cm³/mol. The van der Waals surface area contributed by atoms with Gasteiger partial charge in [-0.2, -0.15) is 4.31 Å². The van der Waals surface area contributed by atoms with Gasteiger partial charge in [0.2, 0.25) is 10.0 Å². The maximum absolute atomic E-state index is 13.2. The summed E-state index contributed by atoms with van der Waals surface area (Å²) in [7, 11) is -2.34. The number of hydrogen-bond donors (Lipinski definition) is 0. The van der Waals surface area contributed by atoms with E-state index in [1.54, 1.807) is 11.8 Å². The molecule has 3 rings (SSSR count). The van der Waals surface area contributed by atoms with E-state index in [1.807, 2.05) is 0 Å². The topological polar surface area (TPSA) is 93.2 Å². The average Bonchev–Trinajstić information content (AvgIpc) is 3.09. The summed E-state index contributed by atoms with van der Waals surface area (Å²) in [6.07, 6.45) is 4.54. The first-order valence-corrected chi connectivity index (χ1v) is 12.9. The molecule has 0 spiro atoms. The molecule has 1 aromatic rings. The van der Waals surface area contributed by atoms with Crippen molar-refractivity contribution >= 4 is 21.9 Å². The number of carbonyl (C=O) groups excluding carboxylic acids is 2. The highest BCUT2D eigenvalue weighted by Crippen LogP contribution is 2.27. The SMILES string of the molecule is COc1ccc(S(=O)(=O)N2CCCCCC2)cc1C(=O)O[C@H](C)C(=O)N1CCC(C)CC1. The smallest absolute Gasteiger partial charge is 0.342 e. The highest BCUT2D eigenvalue weighted by molar-refractivity contribution is 7.89. The van der Waals surface area contributed by atoms with Gasteiger partial charge in [0.15, 0.2) is 6.10 Å². The van der Waals surface area contributed by atoms with Crippen LogP contribution in [0.5, 0.6) is 5.75 Å². The first kappa shape index (κ1) is 24.5. The summed E-state index contributed by atoms with van der Waals surface area (Å²) >= 11 is 0. The zero-order chi connectivity index (χ0) is 23.3. The third-order valence-corrected chi connectivity index (χ3v) is 8.22. The van der Waals surface area contributed by atoms with Crippen molar-refractivity contribution in [1.82, 2.24) is 9.21 Å². The summed E-state index contributed by atoms with van der Waals surface area (Å²) in [6, 6.07) is 4.19. The van der Waals surface area contributed by atoms with Gasteiger partial charge >= 0.3 is 5.97 Å². The monoisotopic (exact) mass is 466 g/mol. The number of carbonyl (C=O) groups is 2. The quantitative estimate of drug-likeness (QED) is 0.598. The van der Waals surface area contributed by atoms with E-state index in [9.17, 15) is 18.0 Å². The molecule has 9 heteroatoms. The lowest BCUT2D eigenvalue weighted by Crippen LogP contribution is -2.44. The van der Waals surface area contributed by atoms with E-state index < -0.39 is 22.1 Å². The van der Waals surface area contributed by atoms with E-state index in [1.165, 1.54) is 29.6 Å². The van der Waals surface area contributed by atoms with Crippen LogP contribution < -0.4 is 4.74 Å². The van der Waals surface area contributed by atoms with Gasteiger partial charge in [-0.1, -0.05) is 19.8 Å². The van der Waals surface area contributed by atoms with Crippen LogP contribution in [0.25, 0.3) is 0 Å². The van der Waals surface area contributed by atoms with Gasteiger partial charge in [-0.15, -0.1) is 0 Å². The third kappa shape index (κ3) is 5.61. The molecule has 8 nitrogen and oxygen atoms in total. The van der Waals surface area contributed by atoms with Crippen LogP contribution in [0, 0.1) is 5.92 Å². The Morgan fingerprint density at radius 3 is 2.25 bits per heavy atom. The maximum Gasteiger partial charge on any atom is 0.342 e. The molecule has 2 saturated heterocycles. The predicted octanol–water partition coefficient (Wildman–Crippen LogP) is 3.06. The van der Waals surface area contributed by atoms with Gasteiger partial charge in [-0.05, 0) is 56.7 Å². The van der Waals surface area contributed by atoms with Crippen LogP contribution in [0.15, 0.2) is 23.1 Å². The second kappa shape index (κ2) is 10.7. The number of esters is 1. The van der Waals surface area contributed by atoms with E-state index in [0.717, 1.165) is 38.5 Å². The highest BCUT2D eigenvalue weighted by atomic mass is 32.2. The molecule has 2 aliphatic heterocycles. The van der Waals surface area contributed by atoms with E-state index in [-0.39, 0.29) is 22.1 Å². The number of amides is 1. The summed E-state index contributed by atoms with van der Waals surface area (Å²) in [4.78, 5) is 27.4. The van der Waals surface area contributed by atoms with Crippen molar-refractivity contribution in [3.63, 3.8) is 0 Å². The molecule has 0 saturated carbocycles. The Morgan fingerprint density at radius 2 is 1.66 bits per heavy atom. The van der Waals surface area contributed by atoms with Gasteiger partial charge in [0.25, 0.3) is 5.91 Å². The molecule has 1 atom stereocenters. The Kier molecular flexibility index (Phi) is 8.16. The summed E-state index contributed by atoms with van der Waals surface area (Å²) in [5.41, 5.74) is -0.00434. The minimum atomic E-state index is -3.74. The number of rotatable bonds is 6. The second-order valence-corrected chi connectivity index (χ2v) is 10.7. The molecule has 0 aliphatic carbocycles. The highest BCUT2D eigenvalue weighted by Gasteiger charge is 2.30. The molecule has 0 radical (unpaired) electrons. The fourth-order valence-corrected chi connectivity index (χ4v) is 5.74. The summed E-state index contributed by atoms with van der Waals surface area (Å²) in [5, 5.41) is 0. The molecule has 2 fully saturated rings. The number of sulfonamides is 1. The van der Waals surface area contributed by atoms with Crippen LogP contribution in [0.1, 0.15) is 62.7 Å². The largest absolute Gasteiger partial charge is 0.496 e. The van der Waals surface area contributed by atoms with Crippen LogP contribution in [0.3, 0.4) is 0 Å². The minimum Gasteiger partial charge on any atom is -0.496 e. The molecule has 178 valence electrons. The first-order valence-electron chi connectivity index (χ1n) is 11.4. The van der Waals surface area contributed by atoms with Crippen LogP contribution in [-0.2, 0) is 19.6 Å². The van der Waals surface area contributed by atoms with E-state index in [0.29, 0.717) is 32.1 Å². The normalized spacial score (nSPS) is 19.8. The summed E-state index contributed by atoms with van der Waals surface area (Å²) in [6.45, 7) is 5.93. The molecular formula is C23H34N2O6S. The molecule has 32 heavy (non-hydrogen) atoms. The Bertz CT molecular complexity index is 916. The number of benzene rings is 1. The number of ether oxygens (including phenoxy) is 2. The van der Waals surface area contributed by atoms with Crippen LogP contribution in [-0.4, -0.2) is 68.9 Å². The standard InChI is InChI=1S/C23H34N2O6S/c1-17-10-14-24(15-11-17)22(26)18(2)31-23(27)20-16-19(8-9-21(20)30-3)32(28,29)25-12-6-4-5-7-13-25/h8-9,16-18H,4-7,10-15H2,1-3H3/t18-/m1/s1. The molecule has 1 aromatic carbocycles. The lowest BCUT2D eigenvalue weighted by atomic mass is 9.99. The van der Waals surface area contributed by atoms with E-state index in [4.69, 9.17) is 9.47 Å². The van der Waals surface area contributed by atoms with Gasteiger partial charge in [0.1, 0.15) is 11.3 Å². The zero-order valence-electron chi connectivity index (χ0n) is 19.2. The van der Waals surface area contributed by atoms with Crippen LogP contribution in [0.2, 0.25) is 0 Å². The van der Waals surface area contributed by atoms with Gasteiger partial charge < -0.3 is 14.4 Å². The van der Waals surface area contributed by atoms with Crippen molar-refractivity contribution in [2.75, 3.05) is 33.3 Å². The fraction of sp³-hybridized carbons (Fsp3) is 0.652. The third-order valence-electron chi connectivity index (χ3n) is 6.32. The number of hydrogen-bond acceptors (Lipinski definition) is 6.